The zero-order chi connectivity index (χ0) is 13.9. The standard InChI is InChI=1S/C15H22N2O2/c1-15(2,3)13-11-16-9-10-17(13)14(18)19-12-7-5-4-6-8-12/h4-8,13,16H,9-11H2,1-3H3. The first-order valence-corrected chi connectivity index (χ1v) is 6.73. The highest BCUT2D eigenvalue weighted by Crippen LogP contribution is 2.26. The Kier molecular flexibility index (Phi) is 4.10. The Morgan fingerprint density at radius 2 is 2.00 bits per heavy atom. The van der Waals surface area contributed by atoms with E-state index in [-0.39, 0.29) is 17.6 Å². The molecule has 0 radical (unpaired) electrons. The van der Waals surface area contributed by atoms with Gasteiger partial charge in [-0.2, -0.15) is 0 Å². The van der Waals surface area contributed by atoms with Gasteiger partial charge in [-0.05, 0) is 17.5 Å². The van der Waals surface area contributed by atoms with Gasteiger partial charge < -0.3 is 15.0 Å². The van der Waals surface area contributed by atoms with Gasteiger partial charge in [-0.15, -0.1) is 0 Å². The Balaban J connectivity index is 2.08. The van der Waals surface area contributed by atoms with Crippen molar-refractivity contribution in [2.24, 2.45) is 5.41 Å². The Morgan fingerprint density at radius 3 is 2.63 bits per heavy atom. The molecule has 0 bridgehead atoms. The Hall–Kier alpha value is -1.55. The summed E-state index contributed by atoms with van der Waals surface area (Å²) in [4.78, 5) is 14.1. The number of carbonyl (C=O) groups excluding carboxylic acids is 1. The summed E-state index contributed by atoms with van der Waals surface area (Å²) in [5, 5.41) is 3.34. The largest absolute Gasteiger partial charge is 0.415 e. The molecular formula is C15H22N2O2. The summed E-state index contributed by atoms with van der Waals surface area (Å²) < 4.78 is 5.44. The van der Waals surface area contributed by atoms with Crippen LogP contribution in [0.2, 0.25) is 0 Å². The number of nitrogens with one attached hydrogen (secondary N) is 1. The van der Waals surface area contributed by atoms with E-state index in [1.54, 1.807) is 12.1 Å². The molecule has 104 valence electrons. The lowest BCUT2D eigenvalue weighted by Gasteiger charge is -2.42. The van der Waals surface area contributed by atoms with Crippen LogP contribution in [0, 0.1) is 5.41 Å². The van der Waals surface area contributed by atoms with Crippen molar-refractivity contribution in [3.63, 3.8) is 0 Å². The minimum absolute atomic E-state index is 0.0309. The van der Waals surface area contributed by atoms with E-state index in [1.807, 2.05) is 23.1 Å². The fourth-order valence-electron chi connectivity index (χ4n) is 2.34. The Bertz CT molecular complexity index is 426. The van der Waals surface area contributed by atoms with E-state index < -0.39 is 0 Å². The first-order valence-electron chi connectivity index (χ1n) is 6.73. The summed E-state index contributed by atoms with van der Waals surface area (Å²) in [6.07, 6.45) is -0.257. The number of hydrogen-bond donors (Lipinski definition) is 1. The maximum Gasteiger partial charge on any atom is 0.415 e. The van der Waals surface area contributed by atoms with Gasteiger partial charge in [0.2, 0.25) is 0 Å². The van der Waals surface area contributed by atoms with Gasteiger partial charge in [-0.1, -0.05) is 39.0 Å². The number of amides is 1. The average Bonchev–Trinajstić information content (AvgIpc) is 2.39. The molecule has 4 heteroatoms. The third-order valence-electron chi connectivity index (χ3n) is 3.43. The SMILES string of the molecule is CC(C)(C)C1CNCCN1C(=O)Oc1ccccc1. The number of piperazine rings is 1. The van der Waals surface area contributed by atoms with Crippen LogP contribution in [-0.4, -0.2) is 36.7 Å². The molecule has 1 saturated heterocycles. The van der Waals surface area contributed by atoms with Crippen molar-refractivity contribution in [1.82, 2.24) is 10.2 Å². The van der Waals surface area contributed by atoms with Crippen molar-refractivity contribution in [3.05, 3.63) is 30.3 Å². The van der Waals surface area contributed by atoms with Crippen LogP contribution in [0.1, 0.15) is 20.8 Å². The molecule has 0 saturated carbocycles. The van der Waals surface area contributed by atoms with E-state index >= 15 is 0 Å². The Labute approximate surface area is 114 Å². The van der Waals surface area contributed by atoms with E-state index in [0.717, 1.165) is 13.1 Å². The number of carbonyl (C=O) groups is 1. The van der Waals surface area contributed by atoms with E-state index in [0.29, 0.717) is 12.3 Å². The van der Waals surface area contributed by atoms with Crippen LogP contribution >= 0.6 is 0 Å². The van der Waals surface area contributed by atoms with Crippen molar-refractivity contribution in [1.29, 1.82) is 0 Å². The number of para-hydroxylation sites is 1. The quantitative estimate of drug-likeness (QED) is 0.845. The highest BCUT2D eigenvalue weighted by molar-refractivity contribution is 5.71. The van der Waals surface area contributed by atoms with Crippen LogP contribution in [0.25, 0.3) is 0 Å². The summed E-state index contributed by atoms with van der Waals surface area (Å²) in [5.41, 5.74) is 0.0309. The summed E-state index contributed by atoms with van der Waals surface area (Å²) in [6, 6.07) is 9.37. The molecule has 0 aromatic heterocycles. The Morgan fingerprint density at radius 1 is 1.32 bits per heavy atom. The van der Waals surface area contributed by atoms with Gasteiger partial charge in [0.25, 0.3) is 0 Å². The molecular weight excluding hydrogens is 240 g/mol. The summed E-state index contributed by atoms with van der Waals surface area (Å²) in [5.74, 6) is 0.596. The second-order valence-corrected chi connectivity index (χ2v) is 5.96. The summed E-state index contributed by atoms with van der Waals surface area (Å²) >= 11 is 0. The maximum absolute atomic E-state index is 12.3. The molecule has 1 fully saturated rings. The number of benzene rings is 1. The van der Waals surface area contributed by atoms with Crippen molar-refractivity contribution in [3.8, 4) is 5.75 Å². The zero-order valence-electron chi connectivity index (χ0n) is 11.8. The summed E-state index contributed by atoms with van der Waals surface area (Å²) in [6.45, 7) is 8.76. The van der Waals surface area contributed by atoms with Crippen LogP contribution < -0.4 is 10.1 Å². The van der Waals surface area contributed by atoms with Crippen LogP contribution in [0.3, 0.4) is 0 Å². The van der Waals surface area contributed by atoms with Gasteiger partial charge in [-0.3, -0.25) is 0 Å². The molecule has 1 atom stereocenters. The highest BCUT2D eigenvalue weighted by Gasteiger charge is 2.36. The molecule has 1 heterocycles. The van der Waals surface area contributed by atoms with Crippen molar-refractivity contribution >= 4 is 6.09 Å². The zero-order valence-corrected chi connectivity index (χ0v) is 11.8. The first-order chi connectivity index (χ1) is 8.98. The van der Waals surface area contributed by atoms with Gasteiger partial charge >= 0.3 is 6.09 Å². The fraction of sp³-hybridized carbons (Fsp3) is 0.533. The van der Waals surface area contributed by atoms with Crippen LogP contribution in [0.5, 0.6) is 5.75 Å². The minimum atomic E-state index is -0.257. The lowest BCUT2D eigenvalue weighted by molar-refractivity contribution is 0.0720. The third-order valence-corrected chi connectivity index (χ3v) is 3.43. The first kappa shape index (κ1) is 13.9. The van der Waals surface area contributed by atoms with Gasteiger partial charge in [-0.25, -0.2) is 4.79 Å². The fourth-order valence-corrected chi connectivity index (χ4v) is 2.34. The number of hydrogen-bond acceptors (Lipinski definition) is 3. The van der Waals surface area contributed by atoms with Gasteiger partial charge in [0.15, 0.2) is 0 Å². The van der Waals surface area contributed by atoms with E-state index in [2.05, 4.69) is 26.1 Å². The minimum Gasteiger partial charge on any atom is -0.410 e. The number of rotatable bonds is 1. The molecule has 2 rings (SSSR count). The van der Waals surface area contributed by atoms with Gasteiger partial charge in [0, 0.05) is 19.6 Å². The molecule has 0 aliphatic carbocycles. The highest BCUT2D eigenvalue weighted by atomic mass is 16.6. The topological polar surface area (TPSA) is 41.6 Å². The predicted molar refractivity (Wildman–Crippen MR) is 75.3 cm³/mol. The lowest BCUT2D eigenvalue weighted by atomic mass is 9.85. The average molecular weight is 262 g/mol. The molecule has 1 aromatic rings. The number of nitrogens with zero attached hydrogens (tertiary/aromatic N) is 1. The van der Waals surface area contributed by atoms with E-state index in [1.165, 1.54) is 0 Å². The molecule has 19 heavy (non-hydrogen) atoms. The van der Waals surface area contributed by atoms with E-state index in [9.17, 15) is 4.79 Å². The lowest BCUT2D eigenvalue weighted by Crippen LogP contribution is -2.59. The van der Waals surface area contributed by atoms with Gasteiger partial charge in [0.05, 0.1) is 6.04 Å². The second kappa shape index (κ2) is 5.61. The van der Waals surface area contributed by atoms with Crippen LogP contribution in [0.4, 0.5) is 4.79 Å². The molecule has 1 aliphatic heterocycles. The molecule has 1 unspecified atom stereocenters. The van der Waals surface area contributed by atoms with Crippen LogP contribution in [-0.2, 0) is 0 Å². The smallest absolute Gasteiger partial charge is 0.410 e. The molecule has 1 aliphatic rings. The van der Waals surface area contributed by atoms with Crippen molar-refractivity contribution in [2.45, 2.75) is 26.8 Å². The molecule has 4 nitrogen and oxygen atoms in total. The second-order valence-electron chi connectivity index (χ2n) is 5.96. The molecule has 0 spiro atoms. The third kappa shape index (κ3) is 3.47. The molecule has 1 amide bonds. The molecule has 1 N–H and O–H groups in total. The monoisotopic (exact) mass is 262 g/mol. The van der Waals surface area contributed by atoms with Crippen LogP contribution in [0.15, 0.2) is 30.3 Å². The summed E-state index contributed by atoms with van der Waals surface area (Å²) in [7, 11) is 0. The normalized spacial score (nSPS) is 20.2. The number of ether oxygens (including phenoxy) is 1. The predicted octanol–water partition coefficient (Wildman–Crippen LogP) is 2.51. The van der Waals surface area contributed by atoms with Crippen molar-refractivity contribution in [2.75, 3.05) is 19.6 Å². The maximum atomic E-state index is 12.3. The van der Waals surface area contributed by atoms with Crippen molar-refractivity contribution < 1.29 is 9.53 Å². The van der Waals surface area contributed by atoms with E-state index in [4.69, 9.17) is 4.74 Å². The molecule has 1 aromatic carbocycles. The van der Waals surface area contributed by atoms with Gasteiger partial charge in [0.1, 0.15) is 5.75 Å².